The van der Waals surface area contributed by atoms with Gasteiger partial charge in [0.2, 0.25) is 0 Å². The molecular weight excluding hydrogens is 410 g/mol. The molecule has 154 valence electrons. The standard InChI is InChI=1S/C23H19N5O2S/c1-2-13-24-23(31)27-19-12-11-18-22(26-19)28-21(15-5-9-17(30)10-6-15)20(25-18)14-3-7-16(29)8-4-14/h2-13,29-30H,1H3,(H2,24,26,27,28,31)/b13-2-. The molecule has 4 N–H and O–H groups in total. The average molecular weight is 430 g/mol. The van der Waals surface area contributed by atoms with Gasteiger partial charge in [0.25, 0.3) is 0 Å². The fourth-order valence-corrected chi connectivity index (χ4v) is 3.14. The van der Waals surface area contributed by atoms with Crippen molar-refractivity contribution in [2.45, 2.75) is 6.92 Å². The lowest BCUT2D eigenvalue weighted by molar-refractivity contribution is 0.475. The number of fused-ring (bicyclic) bond motifs is 1. The third kappa shape index (κ3) is 4.59. The van der Waals surface area contributed by atoms with Crippen molar-refractivity contribution < 1.29 is 10.2 Å². The first-order valence-corrected chi connectivity index (χ1v) is 9.90. The summed E-state index contributed by atoms with van der Waals surface area (Å²) in [5.74, 6) is 0.872. The van der Waals surface area contributed by atoms with Gasteiger partial charge in [0.15, 0.2) is 10.8 Å². The minimum absolute atomic E-state index is 0.162. The molecule has 0 saturated carbocycles. The van der Waals surface area contributed by atoms with E-state index in [1.807, 2.05) is 19.1 Å². The van der Waals surface area contributed by atoms with Crippen molar-refractivity contribution in [3.63, 3.8) is 0 Å². The van der Waals surface area contributed by atoms with E-state index in [1.165, 1.54) is 0 Å². The smallest absolute Gasteiger partial charge is 0.180 e. The molecule has 0 aliphatic heterocycles. The normalized spacial score (nSPS) is 11.0. The van der Waals surface area contributed by atoms with Crippen molar-refractivity contribution in [2.24, 2.45) is 0 Å². The number of aromatic nitrogens is 3. The molecule has 0 bridgehead atoms. The minimum Gasteiger partial charge on any atom is -0.508 e. The van der Waals surface area contributed by atoms with Crippen LogP contribution in [0.15, 0.2) is 72.9 Å². The zero-order chi connectivity index (χ0) is 21.8. The predicted molar refractivity (Wildman–Crippen MR) is 126 cm³/mol. The first-order chi connectivity index (χ1) is 15.0. The van der Waals surface area contributed by atoms with Crippen LogP contribution in [0.25, 0.3) is 33.7 Å². The van der Waals surface area contributed by atoms with Gasteiger partial charge in [-0.3, -0.25) is 0 Å². The molecular formula is C23H19N5O2S. The number of phenols is 2. The Labute approximate surface area is 184 Å². The quantitative estimate of drug-likeness (QED) is 0.349. The monoisotopic (exact) mass is 429 g/mol. The number of nitrogens with zero attached hydrogens (tertiary/aromatic N) is 3. The highest BCUT2D eigenvalue weighted by atomic mass is 32.1. The topological polar surface area (TPSA) is 103 Å². The highest BCUT2D eigenvalue weighted by Crippen LogP contribution is 2.32. The largest absolute Gasteiger partial charge is 0.508 e. The van der Waals surface area contributed by atoms with Crippen LogP contribution in [0.5, 0.6) is 11.5 Å². The third-order valence-electron chi connectivity index (χ3n) is 4.43. The maximum absolute atomic E-state index is 9.67. The lowest BCUT2D eigenvalue weighted by Crippen LogP contribution is -2.23. The minimum atomic E-state index is 0.162. The second-order valence-electron chi connectivity index (χ2n) is 6.65. The van der Waals surface area contributed by atoms with E-state index in [1.54, 1.807) is 60.8 Å². The molecule has 0 fully saturated rings. The summed E-state index contributed by atoms with van der Waals surface area (Å²) in [7, 11) is 0. The molecule has 0 aliphatic carbocycles. The van der Waals surface area contributed by atoms with Gasteiger partial charge in [-0.05, 0) is 86.0 Å². The fourth-order valence-electron chi connectivity index (χ4n) is 2.97. The van der Waals surface area contributed by atoms with Gasteiger partial charge >= 0.3 is 0 Å². The summed E-state index contributed by atoms with van der Waals surface area (Å²) in [4.78, 5) is 14.1. The number of allylic oxidation sites excluding steroid dienone is 1. The second kappa shape index (κ2) is 8.76. The molecule has 0 radical (unpaired) electrons. The summed E-state index contributed by atoms with van der Waals surface area (Å²) in [6, 6.07) is 17.1. The van der Waals surface area contributed by atoms with E-state index in [0.29, 0.717) is 33.5 Å². The molecule has 4 rings (SSSR count). The van der Waals surface area contributed by atoms with E-state index in [-0.39, 0.29) is 11.5 Å². The average Bonchev–Trinajstić information content (AvgIpc) is 2.78. The number of hydrogen-bond acceptors (Lipinski definition) is 6. The Balaban J connectivity index is 1.83. The van der Waals surface area contributed by atoms with Crippen molar-refractivity contribution in [1.29, 1.82) is 0 Å². The van der Waals surface area contributed by atoms with E-state index < -0.39 is 0 Å². The molecule has 0 atom stereocenters. The number of aromatic hydroxyl groups is 2. The summed E-state index contributed by atoms with van der Waals surface area (Å²) in [6.45, 7) is 1.88. The molecule has 0 spiro atoms. The van der Waals surface area contributed by atoms with E-state index in [4.69, 9.17) is 22.2 Å². The van der Waals surface area contributed by atoms with Gasteiger partial charge < -0.3 is 20.8 Å². The van der Waals surface area contributed by atoms with Crippen LogP contribution in [0, 0.1) is 0 Å². The van der Waals surface area contributed by atoms with Crippen molar-refractivity contribution >= 4 is 34.3 Å². The van der Waals surface area contributed by atoms with Gasteiger partial charge in [-0.2, -0.15) is 0 Å². The highest BCUT2D eigenvalue weighted by Gasteiger charge is 2.15. The van der Waals surface area contributed by atoms with Crippen LogP contribution in [-0.2, 0) is 0 Å². The molecule has 7 nitrogen and oxygen atoms in total. The van der Waals surface area contributed by atoms with Gasteiger partial charge in [0.05, 0.1) is 11.4 Å². The summed E-state index contributed by atoms with van der Waals surface area (Å²) >= 11 is 5.24. The first-order valence-electron chi connectivity index (χ1n) is 9.50. The van der Waals surface area contributed by atoms with Crippen molar-refractivity contribution in [1.82, 2.24) is 20.3 Å². The fraction of sp³-hybridized carbons (Fsp3) is 0.0435. The van der Waals surface area contributed by atoms with Gasteiger partial charge in [-0.15, -0.1) is 0 Å². The van der Waals surface area contributed by atoms with Crippen molar-refractivity contribution in [3.05, 3.63) is 72.9 Å². The number of hydrogen-bond donors (Lipinski definition) is 4. The molecule has 0 unspecified atom stereocenters. The Bertz CT molecular complexity index is 1270. The van der Waals surface area contributed by atoms with E-state index in [0.717, 1.165) is 11.1 Å². The summed E-state index contributed by atoms with van der Waals surface area (Å²) in [5.41, 5.74) is 3.89. The van der Waals surface area contributed by atoms with Gasteiger partial charge in [0.1, 0.15) is 22.8 Å². The Hall–Kier alpha value is -4.04. The summed E-state index contributed by atoms with van der Waals surface area (Å²) < 4.78 is 0. The highest BCUT2D eigenvalue weighted by molar-refractivity contribution is 7.80. The van der Waals surface area contributed by atoms with E-state index >= 15 is 0 Å². The first kappa shape index (κ1) is 20.2. The van der Waals surface area contributed by atoms with Crippen LogP contribution in [-0.4, -0.2) is 30.3 Å². The van der Waals surface area contributed by atoms with Crippen LogP contribution in [0.4, 0.5) is 5.82 Å². The zero-order valence-corrected chi connectivity index (χ0v) is 17.4. The van der Waals surface area contributed by atoms with Crippen molar-refractivity contribution in [2.75, 3.05) is 5.32 Å². The predicted octanol–water partition coefficient (Wildman–Crippen LogP) is 4.59. The number of pyridine rings is 1. The van der Waals surface area contributed by atoms with Crippen LogP contribution in [0.1, 0.15) is 6.92 Å². The molecule has 4 aromatic rings. The maximum Gasteiger partial charge on any atom is 0.180 e. The summed E-state index contributed by atoms with van der Waals surface area (Å²) in [6.07, 6.45) is 3.56. The molecule has 8 heteroatoms. The number of benzene rings is 2. The Morgan fingerprint density at radius 3 is 1.97 bits per heavy atom. The molecule has 2 aromatic heterocycles. The van der Waals surface area contributed by atoms with Crippen LogP contribution < -0.4 is 10.6 Å². The third-order valence-corrected chi connectivity index (χ3v) is 4.65. The Morgan fingerprint density at radius 2 is 1.39 bits per heavy atom. The number of nitrogens with one attached hydrogen (secondary N) is 2. The van der Waals surface area contributed by atoms with Crippen LogP contribution in [0.3, 0.4) is 0 Å². The number of phenolic OH excluding ortho intramolecular Hbond substituents is 2. The molecule has 0 amide bonds. The molecule has 31 heavy (non-hydrogen) atoms. The molecule has 2 heterocycles. The second-order valence-corrected chi connectivity index (χ2v) is 7.06. The van der Waals surface area contributed by atoms with Crippen LogP contribution >= 0.6 is 12.2 Å². The van der Waals surface area contributed by atoms with Crippen molar-refractivity contribution in [3.8, 4) is 34.0 Å². The molecule has 0 aliphatic rings. The Morgan fingerprint density at radius 1 is 0.806 bits per heavy atom. The summed E-state index contributed by atoms with van der Waals surface area (Å²) in [5, 5.41) is 25.7. The SMILES string of the molecule is C/C=C\NC(=S)Nc1ccc2nc(-c3ccc(O)cc3)c(-c3ccc(O)cc3)nc2n1. The van der Waals surface area contributed by atoms with Gasteiger partial charge in [0, 0.05) is 11.1 Å². The number of thiocarbonyl (C=S) groups is 1. The Kier molecular flexibility index (Phi) is 5.72. The lowest BCUT2D eigenvalue weighted by atomic mass is 10.0. The number of anilines is 1. The van der Waals surface area contributed by atoms with Crippen LogP contribution in [0.2, 0.25) is 0 Å². The number of rotatable bonds is 4. The molecule has 2 aromatic carbocycles. The lowest BCUT2D eigenvalue weighted by Gasteiger charge is -2.12. The zero-order valence-electron chi connectivity index (χ0n) is 16.6. The van der Waals surface area contributed by atoms with E-state index in [2.05, 4.69) is 15.6 Å². The maximum atomic E-state index is 9.67. The van der Waals surface area contributed by atoms with E-state index in [9.17, 15) is 10.2 Å². The molecule has 0 saturated heterocycles. The van der Waals surface area contributed by atoms with Gasteiger partial charge in [-0.1, -0.05) is 6.08 Å². The van der Waals surface area contributed by atoms with Gasteiger partial charge in [-0.25, -0.2) is 15.0 Å².